The minimum absolute atomic E-state index is 0.0658. The molecule has 1 unspecified atom stereocenters. The van der Waals surface area contributed by atoms with E-state index in [2.05, 4.69) is 10.3 Å². The largest absolute Gasteiger partial charge is 0.493 e. The van der Waals surface area contributed by atoms with Gasteiger partial charge in [-0.3, -0.25) is 9.36 Å². The summed E-state index contributed by atoms with van der Waals surface area (Å²) in [4.78, 5) is 17.1. The van der Waals surface area contributed by atoms with Crippen molar-refractivity contribution in [1.82, 2.24) is 9.55 Å². The van der Waals surface area contributed by atoms with Gasteiger partial charge in [-0.2, -0.15) is 0 Å². The van der Waals surface area contributed by atoms with E-state index in [0.29, 0.717) is 23.1 Å². The van der Waals surface area contributed by atoms with Gasteiger partial charge in [-0.05, 0) is 29.8 Å². The number of carbonyl (C=O) groups excluding carboxylic acids is 1. The molecule has 0 saturated heterocycles. The number of hydrogen-bond donors (Lipinski definition) is 1. The van der Waals surface area contributed by atoms with Crippen LogP contribution >= 0.6 is 0 Å². The number of para-hydroxylation sites is 1. The lowest BCUT2D eigenvalue weighted by Gasteiger charge is -2.24. The van der Waals surface area contributed by atoms with Crippen molar-refractivity contribution in [2.24, 2.45) is 0 Å². The minimum Gasteiger partial charge on any atom is -0.493 e. The molecule has 28 heavy (non-hydrogen) atoms. The Kier molecular flexibility index (Phi) is 4.65. The van der Waals surface area contributed by atoms with Crippen molar-refractivity contribution in [3.05, 3.63) is 60.0 Å². The summed E-state index contributed by atoms with van der Waals surface area (Å²) >= 11 is 0. The maximum absolute atomic E-state index is 12.5. The van der Waals surface area contributed by atoms with E-state index in [-0.39, 0.29) is 18.2 Å². The summed E-state index contributed by atoms with van der Waals surface area (Å²) in [6.45, 7) is 0. The number of hydrogen-bond acceptors (Lipinski definition) is 5. The van der Waals surface area contributed by atoms with Gasteiger partial charge >= 0.3 is 0 Å². The van der Waals surface area contributed by atoms with Crippen molar-refractivity contribution in [3.63, 3.8) is 0 Å². The zero-order chi connectivity index (χ0) is 19.7. The molecule has 3 aromatic rings. The van der Waals surface area contributed by atoms with Gasteiger partial charge in [0.05, 0.1) is 27.0 Å². The predicted molar refractivity (Wildman–Crippen MR) is 105 cm³/mol. The van der Waals surface area contributed by atoms with Gasteiger partial charge in [0.15, 0.2) is 11.5 Å². The van der Waals surface area contributed by atoms with Crippen LogP contribution in [0, 0.1) is 0 Å². The molecule has 2 heterocycles. The molecule has 1 aliphatic heterocycles. The second kappa shape index (κ2) is 7.26. The molecule has 0 radical (unpaired) electrons. The highest BCUT2D eigenvalue weighted by atomic mass is 16.5. The first-order valence-corrected chi connectivity index (χ1v) is 8.88. The first kappa shape index (κ1) is 17.9. The molecule has 0 fully saturated rings. The molecule has 0 aliphatic carbocycles. The molecule has 1 aliphatic rings. The van der Waals surface area contributed by atoms with Crippen LogP contribution in [-0.2, 0) is 4.79 Å². The quantitative estimate of drug-likeness (QED) is 0.736. The molecule has 4 rings (SSSR count). The molecule has 1 amide bonds. The van der Waals surface area contributed by atoms with E-state index in [1.807, 2.05) is 47.0 Å². The van der Waals surface area contributed by atoms with Gasteiger partial charge in [-0.1, -0.05) is 18.2 Å². The lowest BCUT2D eigenvalue weighted by atomic mass is 9.89. The van der Waals surface area contributed by atoms with Gasteiger partial charge in [0, 0.05) is 18.0 Å². The van der Waals surface area contributed by atoms with Gasteiger partial charge < -0.3 is 19.5 Å². The van der Waals surface area contributed by atoms with Crippen LogP contribution in [0.3, 0.4) is 0 Å². The Labute approximate surface area is 162 Å². The van der Waals surface area contributed by atoms with Gasteiger partial charge in [-0.25, -0.2) is 4.98 Å². The van der Waals surface area contributed by atoms with E-state index in [4.69, 9.17) is 14.2 Å². The highest BCUT2D eigenvalue weighted by molar-refractivity contribution is 5.94. The fraction of sp³-hybridized carbons (Fsp3) is 0.238. The number of fused-ring (bicyclic) bond motifs is 1. The Hall–Kier alpha value is -3.48. The number of carbonyl (C=O) groups is 1. The van der Waals surface area contributed by atoms with Crippen LogP contribution in [0.4, 0.5) is 5.82 Å². The topological polar surface area (TPSA) is 74.6 Å². The Morgan fingerprint density at radius 2 is 1.71 bits per heavy atom. The Morgan fingerprint density at radius 1 is 1.04 bits per heavy atom. The lowest BCUT2D eigenvalue weighted by molar-refractivity contribution is -0.116. The molecule has 1 aromatic heterocycles. The van der Waals surface area contributed by atoms with Crippen molar-refractivity contribution in [3.8, 4) is 22.9 Å². The number of nitrogens with one attached hydrogen (secondary N) is 1. The number of aromatic nitrogens is 2. The van der Waals surface area contributed by atoms with E-state index >= 15 is 0 Å². The highest BCUT2D eigenvalue weighted by Gasteiger charge is 2.32. The van der Waals surface area contributed by atoms with Crippen LogP contribution < -0.4 is 19.5 Å². The fourth-order valence-corrected chi connectivity index (χ4v) is 3.57. The maximum Gasteiger partial charge on any atom is 0.226 e. The van der Waals surface area contributed by atoms with E-state index in [1.54, 1.807) is 27.7 Å². The number of ether oxygens (including phenoxy) is 3. The summed E-state index contributed by atoms with van der Waals surface area (Å²) in [7, 11) is 4.71. The average Bonchev–Trinajstić information content (AvgIpc) is 3.16. The third kappa shape index (κ3) is 2.94. The number of amides is 1. The molecule has 0 saturated carbocycles. The van der Waals surface area contributed by atoms with Crippen molar-refractivity contribution >= 4 is 11.7 Å². The van der Waals surface area contributed by atoms with Gasteiger partial charge in [0.25, 0.3) is 0 Å². The van der Waals surface area contributed by atoms with E-state index < -0.39 is 0 Å². The second-order valence-corrected chi connectivity index (χ2v) is 6.45. The smallest absolute Gasteiger partial charge is 0.226 e. The molecule has 7 heteroatoms. The zero-order valence-electron chi connectivity index (χ0n) is 15.9. The molecular weight excluding hydrogens is 358 g/mol. The summed E-state index contributed by atoms with van der Waals surface area (Å²) in [6.07, 6.45) is 2.02. The normalized spacial score (nSPS) is 15.5. The third-order valence-electron chi connectivity index (χ3n) is 4.90. The van der Waals surface area contributed by atoms with Gasteiger partial charge in [0.2, 0.25) is 11.7 Å². The summed E-state index contributed by atoms with van der Waals surface area (Å²) in [5.74, 6) is 2.01. The summed E-state index contributed by atoms with van der Waals surface area (Å²) in [5.41, 5.74) is 2.61. The molecule has 144 valence electrons. The SMILES string of the molecule is COc1cc(C2CC(=O)Nc3c2ncn3-c2ccccc2)cc(OC)c1OC. The average molecular weight is 379 g/mol. The van der Waals surface area contributed by atoms with Crippen LogP contribution in [0.25, 0.3) is 5.69 Å². The fourth-order valence-electron chi connectivity index (χ4n) is 3.57. The highest BCUT2D eigenvalue weighted by Crippen LogP contribution is 2.44. The van der Waals surface area contributed by atoms with Crippen LogP contribution in [0.15, 0.2) is 48.8 Å². The number of imidazole rings is 1. The van der Waals surface area contributed by atoms with Crippen LogP contribution in [-0.4, -0.2) is 36.8 Å². The lowest BCUT2D eigenvalue weighted by Crippen LogP contribution is -2.25. The third-order valence-corrected chi connectivity index (χ3v) is 4.90. The standard InChI is InChI=1S/C21H21N3O4/c1-26-16-9-13(10-17(27-2)20(16)28-3)15-11-18(25)23-21-19(15)22-12-24(21)14-7-5-4-6-8-14/h4-10,12,15H,11H2,1-3H3,(H,23,25). The number of nitrogens with zero attached hydrogens (tertiary/aromatic N) is 2. The molecular formula is C21H21N3O4. The van der Waals surface area contributed by atoms with Gasteiger partial charge in [-0.15, -0.1) is 0 Å². The minimum atomic E-state index is -0.220. The maximum atomic E-state index is 12.5. The molecule has 0 bridgehead atoms. The van der Waals surface area contributed by atoms with Crippen molar-refractivity contribution in [2.75, 3.05) is 26.6 Å². The molecule has 0 spiro atoms. The monoisotopic (exact) mass is 379 g/mol. The summed E-state index contributed by atoms with van der Waals surface area (Å²) in [5, 5.41) is 2.96. The Bertz CT molecular complexity index is 989. The van der Waals surface area contributed by atoms with E-state index in [0.717, 1.165) is 16.9 Å². The molecule has 1 N–H and O–H groups in total. The molecule has 1 atom stereocenters. The summed E-state index contributed by atoms with van der Waals surface area (Å²) < 4.78 is 18.2. The number of methoxy groups -OCH3 is 3. The Morgan fingerprint density at radius 3 is 2.32 bits per heavy atom. The summed E-state index contributed by atoms with van der Waals surface area (Å²) in [6, 6.07) is 13.5. The first-order chi connectivity index (χ1) is 13.7. The second-order valence-electron chi connectivity index (χ2n) is 6.45. The number of rotatable bonds is 5. The van der Waals surface area contributed by atoms with Crippen molar-refractivity contribution in [2.45, 2.75) is 12.3 Å². The predicted octanol–water partition coefficient (Wildman–Crippen LogP) is 3.37. The molecule has 7 nitrogen and oxygen atoms in total. The van der Waals surface area contributed by atoms with Crippen molar-refractivity contribution in [1.29, 1.82) is 0 Å². The van der Waals surface area contributed by atoms with Crippen LogP contribution in [0.1, 0.15) is 23.6 Å². The zero-order valence-corrected chi connectivity index (χ0v) is 15.9. The van der Waals surface area contributed by atoms with E-state index in [1.165, 1.54) is 0 Å². The molecule has 2 aromatic carbocycles. The van der Waals surface area contributed by atoms with E-state index in [9.17, 15) is 4.79 Å². The first-order valence-electron chi connectivity index (χ1n) is 8.88. The number of anilines is 1. The van der Waals surface area contributed by atoms with Crippen molar-refractivity contribution < 1.29 is 19.0 Å². The van der Waals surface area contributed by atoms with Crippen LogP contribution in [0.2, 0.25) is 0 Å². The Balaban J connectivity index is 1.83. The van der Waals surface area contributed by atoms with Gasteiger partial charge in [0.1, 0.15) is 12.1 Å². The number of benzene rings is 2. The van der Waals surface area contributed by atoms with Crippen LogP contribution in [0.5, 0.6) is 17.2 Å².